The SMILES string of the molecule is CO[C@@H]1CCN(c2cc3c(cc2F)N(C)C(=O)[C@@H](NC(=O)c2ncn(Cc4ccccc4)n2)CO3)C1. The summed E-state index contributed by atoms with van der Waals surface area (Å²) in [6.45, 7) is 1.58. The molecule has 11 heteroatoms. The van der Waals surface area contributed by atoms with Crippen LogP contribution in [0.3, 0.4) is 0 Å². The molecule has 2 amide bonds. The molecule has 0 saturated carbocycles. The summed E-state index contributed by atoms with van der Waals surface area (Å²) >= 11 is 0. The molecule has 5 rings (SSSR count). The van der Waals surface area contributed by atoms with Gasteiger partial charge in [-0.25, -0.2) is 14.1 Å². The molecule has 1 fully saturated rings. The number of amides is 2. The van der Waals surface area contributed by atoms with E-state index in [1.165, 1.54) is 24.3 Å². The molecule has 3 heterocycles. The lowest BCUT2D eigenvalue weighted by Gasteiger charge is -2.23. The van der Waals surface area contributed by atoms with Gasteiger partial charge in [-0.15, -0.1) is 5.10 Å². The largest absolute Gasteiger partial charge is 0.489 e. The van der Waals surface area contributed by atoms with Crippen LogP contribution in [0.25, 0.3) is 0 Å². The van der Waals surface area contributed by atoms with Crippen LogP contribution in [0.4, 0.5) is 15.8 Å². The fourth-order valence-electron chi connectivity index (χ4n) is 4.46. The van der Waals surface area contributed by atoms with E-state index < -0.39 is 23.7 Å². The van der Waals surface area contributed by atoms with Crippen molar-refractivity contribution in [2.45, 2.75) is 25.1 Å². The van der Waals surface area contributed by atoms with E-state index in [-0.39, 0.29) is 18.5 Å². The van der Waals surface area contributed by atoms with Crippen molar-refractivity contribution in [3.63, 3.8) is 0 Å². The number of halogens is 1. The third kappa shape index (κ3) is 4.74. The van der Waals surface area contributed by atoms with Gasteiger partial charge in [0.15, 0.2) is 0 Å². The van der Waals surface area contributed by atoms with E-state index in [0.717, 1.165) is 12.0 Å². The Kier molecular flexibility index (Phi) is 6.55. The molecule has 1 saturated heterocycles. The number of methoxy groups -OCH3 is 1. The quantitative estimate of drug-likeness (QED) is 0.558. The maximum absolute atomic E-state index is 15.0. The zero-order valence-electron chi connectivity index (χ0n) is 20.1. The summed E-state index contributed by atoms with van der Waals surface area (Å²) in [5, 5.41) is 6.87. The lowest BCUT2D eigenvalue weighted by atomic mass is 10.2. The Hall–Kier alpha value is -3.99. The Labute approximate surface area is 207 Å². The van der Waals surface area contributed by atoms with Gasteiger partial charge in [0.05, 0.1) is 24.0 Å². The average molecular weight is 495 g/mol. The predicted octanol–water partition coefficient (Wildman–Crippen LogP) is 1.84. The zero-order valence-corrected chi connectivity index (χ0v) is 20.1. The van der Waals surface area contributed by atoms with E-state index in [1.807, 2.05) is 35.2 Å². The summed E-state index contributed by atoms with van der Waals surface area (Å²) in [6.07, 6.45) is 2.31. The number of ether oxygens (including phenoxy) is 2. The molecule has 36 heavy (non-hydrogen) atoms. The molecule has 0 bridgehead atoms. The number of anilines is 2. The second kappa shape index (κ2) is 9.94. The second-order valence-corrected chi connectivity index (χ2v) is 8.85. The van der Waals surface area contributed by atoms with Gasteiger partial charge in [0.2, 0.25) is 5.82 Å². The minimum atomic E-state index is -0.993. The lowest BCUT2D eigenvalue weighted by molar-refractivity contribution is -0.120. The summed E-state index contributed by atoms with van der Waals surface area (Å²) in [5.74, 6) is -1.18. The Morgan fingerprint density at radius 3 is 2.81 bits per heavy atom. The first-order valence-electron chi connectivity index (χ1n) is 11.7. The summed E-state index contributed by atoms with van der Waals surface area (Å²) < 4.78 is 27.8. The highest BCUT2D eigenvalue weighted by Gasteiger charge is 2.33. The molecule has 188 valence electrons. The van der Waals surface area contributed by atoms with Gasteiger partial charge >= 0.3 is 0 Å². The smallest absolute Gasteiger partial charge is 0.291 e. The van der Waals surface area contributed by atoms with Crippen molar-refractivity contribution in [1.82, 2.24) is 20.1 Å². The minimum Gasteiger partial charge on any atom is -0.489 e. The average Bonchev–Trinajstić information content (AvgIpc) is 3.54. The van der Waals surface area contributed by atoms with E-state index >= 15 is 4.39 Å². The molecule has 2 atom stereocenters. The van der Waals surface area contributed by atoms with Gasteiger partial charge in [-0.05, 0) is 12.0 Å². The molecule has 0 radical (unpaired) electrons. The van der Waals surface area contributed by atoms with Crippen LogP contribution in [-0.4, -0.2) is 72.6 Å². The van der Waals surface area contributed by atoms with Crippen molar-refractivity contribution >= 4 is 23.2 Å². The third-order valence-electron chi connectivity index (χ3n) is 6.48. The number of fused-ring (bicyclic) bond motifs is 1. The number of benzene rings is 2. The molecule has 1 aromatic heterocycles. The highest BCUT2D eigenvalue weighted by atomic mass is 19.1. The van der Waals surface area contributed by atoms with Gasteiger partial charge in [0, 0.05) is 39.4 Å². The van der Waals surface area contributed by atoms with Crippen LogP contribution < -0.4 is 19.9 Å². The molecule has 2 aromatic carbocycles. The van der Waals surface area contributed by atoms with Crippen molar-refractivity contribution in [1.29, 1.82) is 0 Å². The van der Waals surface area contributed by atoms with Gasteiger partial charge < -0.3 is 24.6 Å². The van der Waals surface area contributed by atoms with Gasteiger partial charge in [-0.3, -0.25) is 9.59 Å². The number of aromatic nitrogens is 3. The molecule has 3 aromatic rings. The maximum atomic E-state index is 15.0. The molecule has 0 unspecified atom stereocenters. The number of hydrogen-bond acceptors (Lipinski definition) is 7. The van der Waals surface area contributed by atoms with Crippen molar-refractivity contribution in [2.24, 2.45) is 0 Å². The van der Waals surface area contributed by atoms with E-state index in [9.17, 15) is 9.59 Å². The number of hydrogen-bond donors (Lipinski definition) is 1. The number of likely N-dealkylation sites (N-methyl/N-ethyl adjacent to an activating group) is 1. The summed E-state index contributed by atoms with van der Waals surface area (Å²) in [7, 11) is 3.17. The predicted molar refractivity (Wildman–Crippen MR) is 130 cm³/mol. The van der Waals surface area contributed by atoms with Crippen molar-refractivity contribution in [3.05, 3.63) is 66.0 Å². The Bertz CT molecular complexity index is 1270. The van der Waals surface area contributed by atoms with Crippen LogP contribution >= 0.6 is 0 Å². The van der Waals surface area contributed by atoms with E-state index in [0.29, 0.717) is 36.8 Å². The summed E-state index contributed by atoms with van der Waals surface area (Å²) in [6, 6.07) is 11.6. The molecule has 2 aliphatic heterocycles. The van der Waals surface area contributed by atoms with Gasteiger partial charge in [-0.1, -0.05) is 30.3 Å². The highest BCUT2D eigenvalue weighted by molar-refractivity contribution is 6.02. The molecule has 0 spiro atoms. The van der Waals surface area contributed by atoms with Crippen LogP contribution in [0.5, 0.6) is 5.75 Å². The minimum absolute atomic E-state index is 0.0396. The van der Waals surface area contributed by atoms with Crippen LogP contribution in [0, 0.1) is 5.82 Å². The number of rotatable bonds is 6. The van der Waals surface area contributed by atoms with Gasteiger partial charge in [0.25, 0.3) is 11.8 Å². The third-order valence-corrected chi connectivity index (χ3v) is 6.48. The normalized spacial score (nSPS) is 19.6. The maximum Gasteiger partial charge on any atom is 0.291 e. The van der Waals surface area contributed by atoms with Crippen molar-refractivity contribution in [2.75, 3.05) is 43.7 Å². The van der Waals surface area contributed by atoms with E-state index in [1.54, 1.807) is 17.9 Å². The second-order valence-electron chi connectivity index (χ2n) is 8.85. The number of nitrogens with one attached hydrogen (secondary N) is 1. The Morgan fingerprint density at radius 2 is 2.06 bits per heavy atom. The number of nitrogens with zero attached hydrogens (tertiary/aromatic N) is 5. The van der Waals surface area contributed by atoms with Crippen molar-refractivity contribution < 1.29 is 23.5 Å². The molecule has 1 N–H and O–H groups in total. The summed E-state index contributed by atoms with van der Waals surface area (Å²) in [5.41, 5.74) is 1.70. The first-order chi connectivity index (χ1) is 17.4. The van der Waals surface area contributed by atoms with Crippen LogP contribution in [0.1, 0.15) is 22.6 Å². The van der Waals surface area contributed by atoms with Crippen LogP contribution in [0.15, 0.2) is 48.8 Å². The molecule has 10 nitrogen and oxygen atoms in total. The van der Waals surface area contributed by atoms with Crippen molar-refractivity contribution in [3.8, 4) is 5.75 Å². The standard InChI is InChI=1S/C25H27FN6O4/c1-30-21-10-18(26)20(31-9-8-17(13-31)35-2)11-22(21)36-14-19(25(30)34)28-24(33)23-27-15-32(29-23)12-16-6-4-3-5-7-16/h3-7,10-11,15,17,19H,8-9,12-14H2,1-2H3,(H,28,33)/t17-,19+/m1/s1. The number of carbonyl (C=O) groups excluding carboxylic acids is 2. The first kappa shape index (κ1) is 23.7. The first-order valence-corrected chi connectivity index (χ1v) is 11.7. The molecule has 2 aliphatic rings. The fraction of sp³-hybridized carbons (Fsp3) is 0.360. The molecular weight excluding hydrogens is 467 g/mol. The van der Waals surface area contributed by atoms with Crippen LogP contribution in [-0.2, 0) is 16.1 Å². The van der Waals surface area contributed by atoms with Gasteiger partial charge in [-0.2, -0.15) is 0 Å². The topological polar surface area (TPSA) is 102 Å². The Balaban J connectivity index is 1.29. The van der Waals surface area contributed by atoms with Crippen LogP contribution in [0.2, 0.25) is 0 Å². The van der Waals surface area contributed by atoms with Gasteiger partial charge in [0.1, 0.15) is 30.5 Å². The lowest BCUT2D eigenvalue weighted by Crippen LogP contribution is -2.49. The van der Waals surface area contributed by atoms with E-state index in [4.69, 9.17) is 9.47 Å². The molecular formula is C25H27FN6O4. The monoisotopic (exact) mass is 494 g/mol. The highest BCUT2D eigenvalue weighted by Crippen LogP contribution is 2.37. The fourth-order valence-corrected chi connectivity index (χ4v) is 4.46. The van der Waals surface area contributed by atoms with E-state index in [2.05, 4.69) is 15.4 Å². The Morgan fingerprint density at radius 1 is 1.25 bits per heavy atom. The number of carbonyl (C=O) groups is 2. The molecule has 0 aliphatic carbocycles. The summed E-state index contributed by atoms with van der Waals surface area (Å²) in [4.78, 5) is 33.2. The zero-order chi connectivity index (χ0) is 25.2.